The van der Waals surface area contributed by atoms with Gasteiger partial charge in [0.15, 0.2) is 0 Å². The van der Waals surface area contributed by atoms with Crippen LogP contribution < -0.4 is 5.32 Å². The number of rotatable bonds is 5. The first-order valence-corrected chi connectivity index (χ1v) is 7.76. The van der Waals surface area contributed by atoms with Crippen molar-refractivity contribution in [3.63, 3.8) is 0 Å². The number of carbonyl (C=O) groups is 1. The highest BCUT2D eigenvalue weighted by Gasteiger charge is 2.30. The van der Waals surface area contributed by atoms with E-state index in [9.17, 15) is 4.79 Å². The van der Waals surface area contributed by atoms with Crippen LogP contribution in [0.1, 0.15) is 26.7 Å². The molecule has 0 bridgehead atoms. The van der Waals surface area contributed by atoms with E-state index in [2.05, 4.69) is 24.1 Å². The van der Waals surface area contributed by atoms with Crippen LogP contribution in [-0.4, -0.2) is 74.7 Å². The molecule has 1 N–H and O–H groups in total. The van der Waals surface area contributed by atoms with E-state index in [4.69, 9.17) is 4.74 Å². The second kappa shape index (κ2) is 6.87. The summed E-state index contributed by atoms with van der Waals surface area (Å²) in [7, 11) is 1.93. The van der Waals surface area contributed by atoms with Gasteiger partial charge in [0.05, 0.1) is 19.3 Å². The lowest BCUT2D eigenvalue weighted by Crippen LogP contribution is -2.49. The molecule has 0 radical (unpaired) electrons. The molecule has 2 aliphatic rings. The number of hydrogen-bond acceptors (Lipinski definition) is 4. The molecule has 20 heavy (non-hydrogen) atoms. The molecule has 5 nitrogen and oxygen atoms in total. The second-order valence-electron chi connectivity index (χ2n) is 6.90. The smallest absolute Gasteiger partial charge is 0.239 e. The van der Waals surface area contributed by atoms with Gasteiger partial charge in [0.25, 0.3) is 0 Å². The van der Waals surface area contributed by atoms with Gasteiger partial charge in [0.1, 0.15) is 0 Å². The van der Waals surface area contributed by atoms with Crippen LogP contribution in [-0.2, 0) is 9.53 Å². The standard InChI is InChI=1S/C15H29N3O2/c1-15(2,12-18-7-9-20-10-8-18)11-17(3)14(19)13-5-4-6-16-13/h13,16H,4-12H2,1-3H3. The molecule has 5 heteroatoms. The Hall–Kier alpha value is -0.650. The van der Waals surface area contributed by atoms with Crippen molar-refractivity contribution in [1.82, 2.24) is 15.1 Å². The molecule has 2 rings (SSSR count). The molecule has 1 atom stereocenters. The van der Waals surface area contributed by atoms with Crippen LogP contribution in [0.25, 0.3) is 0 Å². The summed E-state index contributed by atoms with van der Waals surface area (Å²) >= 11 is 0. The average molecular weight is 283 g/mol. The van der Waals surface area contributed by atoms with Gasteiger partial charge in [0.2, 0.25) is 5.91 Å². The Bertz CT molecular complexity index is 321. The third-order valence-electron chi connectivity index (χ3n) is 4.16. The van der Waals surface area contributed by atoms with E-state index in [0.717, 1.165) is 58.8 Å². The topological polar surface area (TPSA) is 44.8 Å². The molecule has 116 valence electrons. The third-order valence-corrected chi connectivity index (χ3v) is 4.16. The van der Waals surface area contributed by atoms with Crippen LogP contribution in [0.2, 0.25) is 0 Å². The Kier molecular flexibility index (Phi) is 5.41. The van der Waals surface area contributed by atoms with Crippen molar-refractivity contribution in [2.24, 2.45) is 5.41 Å². The highest BCUT2D eigenvalue weighted by Crippen LogP contribution is 2.20. The molecule has 1 amide bonds. The molecule has 2 saturated heterocycles. The van der Waals surface area contributed by atoms with Gasteiger partial charge in [-0.05, 0) is 24.8 Å². The summed E-state index contributed by atoms with van der Waals surface area (Å²) in [6, 6.07) is 0.0409. The summed E-state index contributed by atoms with van der Waals surface area (Å²) in [5, 5.41) is 3.29. The minimum atomic E-state index is 0.0409. The number of ether oxygens (including phenoxy) is 1. The summed E-state index contributed by atoms with van der Waals surface area (Å²) in [5.74, 6) is 0.248. The van der Waals surface area contributed by atoms with Crippen molar-refractivity contribution >= 4 is 5.91 Å². The lowest BCUT2D eigenvalue weighted by Gasteiger charge is -2.37. The zero-order valence-corrected chi connectivity index (χ0v) is 13.2. The summed E-state index contributed by atoms with van der Waals surface area (Å²) in [4.78, 5) is 16.7. The van der Waals surface area contributed by atoms with Crippen LogP contribution >= 0.6 is 0 Å². The Morgan fingerprint density at radius 3 is 2.70 bits per heavy atom. The first-order chi connectivity index (χ1) is 9.48. The lowest BCUT2D eigenvalue weighted by molar-refractivity contribution is -0.133. The SMILES string of the molecule is CN(CC(C)(C)CN1CCOCC1)C(=O)C1CCCN1. The fourth-order valence-electron chi connectivity index (χ4n) is 3.30. The van der Waals surface area contributed by atoms with Crippen molar-refractivity contribution < 1.29 is 9.53 Å². The van der Waals surface area contributed by atoms with E-state index < -0.39 is 0 Å². The van der Waals surface area contributed by atoms with Gasteiger partial charge in [-0.25, -0.2) is 0 Å². The number of hydrogen-bond donors (Lipinski definition) is 1. The maximum Gasteiger partial charge on any atom is 0.239 e. The summed E-state index contributed by atoms with van der Waals surface area (Å²) in [6.07, 6.45) is 2.09. The minimum absolute atomic E-state index is 0.0409. The predicted octanol–water partition coefficient (Wildman–Crippen LogP) is 0.555. The fraction of sp³-hybridized carbons (Fsp3) is 0.933. The van der Waals surface area contributed by atoms with E-state index in [-0.39, 0.29) is 17.4 Å². The van der Waals surface area contributed by atoms with Crippen LogP contribution in [0.3, 0.4) is 0 Å². The number of likely N-dealkylation sites (N-methyl/N-ethyl adjacent to an activating group) is 1. The van der Waals surface area contributed by atoms with Gasteiger partial charge in [-0.1, -0.05) is 13.8 Å². The molecule has 0 aromatic heterocycles. The number of nitrogens with one attached hydrogen (secondary N) is 1. The van der Waals surface area contributed by atoms with E-state index in [1.807, 2.05) is 11.9 Å². The van der Waals surface area contributed by atoms with Crippen molar-refractivity contribution in [3.05, 3.63) is 0 Å². The monoisotopic (exact) mass is 283 g/mol. The molecule has 2 aliphatic heterocycles. The van der Waals surface area contributed by atoms with Crippen molar-refractivity contribution in [2.45, 2.75) is 32.7 Å². The van der Waals surface area contributed by atoms with Crippen LogP contribution in [0, 0.1) is 5.41 Å². The summed E-state index contributed by atoms with van der Waals surface area (Å²) < 4.78 is 5.39. The maximum atomic E-state index is 12.3. The Balaban J connectivity index is 1.81. The van der Waals surface area contributed by atoms with Gasteiger partial charge in [-0.2, -0.15) is 0 Å². The molecule has 0 spiro atoms. The van der Waals surface area contributed by atoms with E-state index in [1.165, 1.54) is 0 Å². The van der Waals surface area contributed by atoms with Gasteiger partial charge >= 0.3 is 0 Å². The molecule has 0 aliphatic carbocycles. The van der Waals surface area contributed by atoms with Crippen molar-refractivity contribution in [1.29, 1.82) is 0 Å². The van der Waals surface area contributed by atoms with Crippen molar-refractivity contribution in [2.75, 3.05) is 53.0 Å². The zero-order valence-electron chi connectivity index (χ0n) is 13.2. The molecule has 0 saturated carbocycles. The maximum absolute atomic E-state index is 12.3. The molecule has 0 aromatic rings. The average Bonchev–Trinajstić information content (AvgIpc) is 2.91. The number of nitrogens with zero attached hydrogens (tertiary/aromatic N) is 2. The second-order valence-corrected chi connectivity index (χ2v) is 6.90. The number of morpholine rings is 1. The van der Waals surface area contributed by atoms with Crippen LogP contribution in [0.5, 0.6) is 0 Å². The molecule has 2 heterocycles. The number of carbonyl (C=O) groups excluding carboxylic acids is 1. The first kappa shape index (κ1) is 15.7. The van der Waals surface area contributed by atoms with Gasteiger partial charge in [-0.15, -0.1) is 0 Å². The molecular weight excluding hydrogens is 254 g/mol. The van der Waals surface area contributed by atoms with E-state index in [1.54, 1.807) is 0 Å². The largest absolute Gasteiger partial charge is 0.379 e. The first-order valence-electron chi connectivity index (χ1n) is 7.76. The lowest BCUT2D eigenvalue weighted by atomic mass is 9.91. The molecule has 0 aromatic carbocycles. The highest BCUT2D eigenvalue weighted by atomic mass is 16.5. The number of amides is 1. The van der Waals surface area contributed by atoms with Crippen LogP contribution in [0.4, 0.5) is 0 Å². The quantitative estimate of drug-likeness (QED) is 0.800. The Labute approximate surface area is 122 Å². The predicted molar refractivity (Wildman–Crippen MR) is 79.7 cm³/mol. The normalized spacial score (nSPS) is 24.9. The summed E-state index contributed by atoms with van der Waals surface area (Å²) in [6.45, 7) is 11.0. The third kappa shape index (κ3) is 4.43. The fourth-order valence-corrected chi connectivity index (χ4v) is 3.30. The van der Waals surface area contributed by atoms with E-state index in [0.29, 0.717) is 0 Å². The highest BCUT2D eigenvalue weighted by molar-refractivity contribution is 5.82. The van der Waals surface area contributed by atoms with Crippen molar-refractivity contribution in [3.8, 4) is 0 Å². The zero-order chi connectivity index (χ0) is 14.6. The molecule has 1 unspecified atom stereocenters. The van der Waals surface area contributed by atoms with Gasteiger partial charge < -0.3 is 15.0 Å². The molecule has 2 fully saturated rings. The summed E-state index contributed by atoms with van der Waals surface area (Å²) in [5.41, 5.74) is 0.111. The van der Waals surface area contributed by atoms with E-state index >= 15 is 0 Å². The Morgan fingerprint density at radius 2 is 2.10 bits per heavy atom. The van der Waals surface area contributed by atoms with Gasteiger partial charge in [0, 0.05) is 33.2 Å². The van der Waals surface area contributed by atoms with Gasteiger partial charge in [-0.3, -0.25) is 9.69 Å². The van der Waals surface area contributed by atoms with Crippen LogP contribution in [0.15, 0.2) is 0 Å². The molecular formula is C15H29N3O2. The Morgan fingerprint density at radius 1 is 1.40 bits per heavy atom. The minimum Gasteiger partial charge on any atom is -0.379 e.